The van der Waals surface area contributed by atoms with Crippen LogP contribution in [0, 0.1) is 0 Å². The smallest absolute Gasteiger partial charge is 0.303 e. The Bertz CT molecular complexity index is 947. The number of nitrogens with zero attached hydrogens (tertiary/aromatic N) is 2. The van der Waals surface area contributed by atoms with Crippen LogP contribution in [0.4, 0.5) is 0 Å². The van der Waals surface area contributed by atoms with Gasteiger partial charge in [0.25, 0.3) is 0 Å². The van der Waals surface area contributed by atoms with E-state index in [1.54, 1.807) is 0 Å². The summed E-state index contributed by atoms with van der Waals surface area (Å²) in [5, 5.41) is 0. The van der Waals surface area contributed by atoms with Gasteiger partial charge in [-0.15, -0.1) is 4.79 Å². The molecule has 0 aromatic heterocycles. The first-order chi connectivity index (χ1) is 15.7. The summed E-state index contributed by atoms with van der Waals surface area (Å²) < 4.78 is 0. The van der Waals surface area contributed by atoms with Gasteiger partial charge in [-0.1, -0.05) is 101 Å². The molecule has 0 aliphatic heterocycles. The number of hydrogen-bond donors (Lipinski definition) is 0. The monoisotopic (exact) mass is 486 g/mol. The minimum absolute atomic E-state index is 0. The van der Waals surface area contributed by atoms with Crippen molar-refractivity contribution in [2.45, 2.75) is 91.4 Å². The van der Waals surface area contributed by atoms with Crippen LogP contribution in [0.15, 0.2) is 60.2 Å². The second-order valence-corrected chi connectivity index (χ2v) is 8.71. The Labute approximate surface area is 211 Å². The molecule has 0 atom stereocenters. The minimum atomic E-state index is 0. The summed E-state index contributed by atoms with van der Waals surface area (Å²) in [5.41, 5.74) is 16.5. The molecule has 0 saturated carbocycles. The average molecular weight is 487 g/mol. The molecule has 2 rings (SSSR count). The van der Waals surface area contributed by atoms with E-state index in [1.807, 2.05) is 0 Å². The first-order valence-electron chi connectivity index (χ1n) is 12.6. The summed E-state index contributed by atoms with van der Waals surface area (Å²) in [6.45, 7) is 6.67. The van der Waals surface area contributed by atoms with E-state index in [2.05, 4.69) is 86.0 Å². The quantitative estimate of drug-likeness (QED) is 0.0639. The molecule has 2 aromatic rings. The second-order valence-electron chi connectivity index (χ2n) is 8.71. The van der Waals surface area contributed by atoms with Gasteiger partial charge in [0.05, 0.1) is 5.57 Å². The first kappa shape index (κ1) is 28.9. The van der Waals surface area contributed by atoms with Gasteiger partial charge in [-0.2, -0.15) is 0 Å². The third-order valence-electron chi connectivity index (χ3n) is 5.93. The SMILES string of the molecule is CCCCCCc1cccc(C(=CC(=C=[N+]=[N-])CCCC)c2cccc(CCCC)c2)c1.[Ni]. The van der Waals surface area contributed by atoms with Crippen LogP contribution in [0.5, 0.6) is 0 Å². The van der Waals surface area contributed by atoms with Gasteiger partial charge in [0.2, 0.25) is 0 Å². The molecule has 0 aliphatic carbocycles. The predicted molar refractivity (Wildman–Crippen MR) is 138 cm³/mol. The molecule has 33 heavy (non-hydrogen) atoms. The number of rotatable bonds is 14. The molecule has 180 valence electrons. The van der Waals surface area contributed by atoms with E-state index in [0.717, 1.165) is 37.7 Å². The van der Waals surface area contributed by atoms with Gasteiger partial charge in [0, 0.05) is 16.5 Å². The fourth-order valence-corrected chi connectivity index (χ4v) is 4.02. The molecule has 0 saturated heterocycles. The Kier molecular flexibility index (Phi) is 15.2. The largest absolute Gasteiger partial charge is 0.348 e. The second kappa shape index (κ2) is 17.3. The van der Waals surface area contributed by atoms with Crippen LogP contribution in [-0.2, 0) is 29.3 Å². The summed E-state index contributed by atoms with van der Waals surface area (Å²) >= 11 is 0. The van der Waals surface area contributed by atoms with E-state index in [0.29, 0.717) is 0 Å². The van der Waals surface area contributed by atoms with Gasteiger partial charge in [-0.25, -0.2) is 0 Å². The van der Waals surface area contributed by atoms with Crippen molar-refractivity contribution in [2.24, 2.45) is 0 Å². The number of aryl methyl sites for hydroxylation is 2. The molecule has 2 nitrogen and oxygen atoms in total. The van der Waals surface area contributed by atoms with Crippen molar-refractivity contribution in [2.75, 3.05) is 0 Å². The Morgan fingerprint density at radius 3 is 1.91 bits per heavy atom. The van der Waals surface area contributed by atoms with Crippen LogP contribution in [0.3, 0.4) is 0 Å². The fraction of sp³-hybridized carbons (Fsp3) is 0.467. The molecule has 0 aliphatic rings. The van der Waals surface area contributed by atoms with E-state index in [1.165, 1.54) is 66.4 Å². The van der Waals surface area contributed by atoms with Crippen molar-refractivity contribution in [3.63, 3.8) is 0 Å². The Morgan fingerprint density at radius 1 is 0.788 bits per heavy atom. The Hall–Kier alpha value is -2.17. The van der Waals surface area contributed by atoms with E-state index in [9.17, 15) is 5.53 Å². The van der Waals surface area contributed by atoms with Crippen molar-refractivity contribution in [3.8, 4) is 0 Å². The summed E-state index contributed by atoms with van der Waals surface area (Å²) in [7, 11) is 0. The number of unbranched alkanes of at least 4 members (excludes halogenated alkanes) is 5. The Balaban J connectivity index is 0.00000544. The van der Waals surface area contributed by atoms with E-state index >= 15 is 0 Å². The molecular weight excluding hydrogens is 447 g/mol. The molecule has 0 fully saturated rings. The van der Waals surface area contributed by atoms with E-state index in [4.69, 9.17) is 0 Å². The van der Waals surface area contributed by atoms with Crippen LogP contribution < -0.4 is 0 Å². The van der Waals surface area contributed by atoms with Gasteiger partial charge < -0.3 is 5.53 Å². The molecule has 0 radical (unpaired) electrons. The maximum Gasteiger partial charge on any atom is 0.303 e. The van der Waals surface area contributed by atoms with Crippen molar-refractivity contribution in [3.05, 3.63) is 88.0 Å². The number of benzene rings is 2. The molecule has 0 spiro atoms. The fourth-order valence-electron chi connectivity index (χ4n) is 4.02. The minimum Gasteiger partial charge on any atom is -0.348 e. The molecule has 0 N–H and O–H groups in total. The molecular formula is C30H40N2Ni. The molecule has 0 bridgehead atoms. The van der Waals surface area contributed by atoms with Crippen LogP contribution >= 0.6 is 0 Å². The van der Waals surface area contributed by atoms with Gasteiger partial charge in [-0.05, 0) is 72.4 Å². The number of allylic oxidation sites excluding steroid dienone is 2. The maximum absolute atomic E-state index is 9.18. The van der Waals surface area contributed by atoms with Gasteiger partial charge in [-0.3, -0.25) is 0 Å². The molecule has 0 amide bonds. The summed E-state index contributed by atoms with van der Waals surface area (Å²) in [5.74, 6) is 2.82. The first-order valence-corrected chi connectivity index (χ1v) is 12.6. The van der Waals surface area contributed by atoms with Crippen molar-refractivity contribution >= 4 is 11.4 Å². The predicted octanol–water partition coefficient (Wildman–Crippen LogP) is 8.60. The van der Waals surface area contributed by atoms with Crippen LogP contribution in [0.2, 0.25) is 0 Å². The van der Waals surface area contributed by atoms with Gasteiger partial charge >= 0.3 is 5.87 Å². The standard InChI is InChI=1S/C30H40N2.Ni/c1-4-7-10-11-16-26-18-13-20-29(22-26)30(23-27(24-32-31)15-9-6-3)28-19-12-17-25(21-28)14-8-5-2;/h12-13,17-23H,4-11,14-16H2,1-3H3;. The molecule has 0 unspecified atom stereocenters. The molecule has 3 heteroatoms. The van der Waals surface area contributed by atoms with Gasteiger partial charge in [0.15, 0.2) is 0 Å². The van der Waals surface area contributed by atoms with Crippen molar-refractivity contribution in [1.82, 2.24) is 0 Å². The summed E-state index contributed by atoms with van der Waals surface area (Å²) in [6, 6.07) is 17.9. The zero-order valence-corrected chi connectivity index (χ0v) is 21.7. The third kappa shape index (κ3) is 10.5. The topological polar surface area (TPSA) is 36.4 Å². The third-order valence-corrected chi connectivity index (χ3v) is 5.93. The summed E-state index contributed by atoms with van der Waals surface area (Å²) in [6.07, 6.45) is 14.9. The van der Waals surface area contributed by atoms with E-state index in [-0.39, 0.29) is 16.5 Å². The Morgan fingerprint density at radius 2 is 1.36 bits per heavy atom. The number of hydrogen-bond acceptors (Lipinski definition) is 0. The van der Waals surface area contributed by atoms with Gasteiger partial charge in [0.1, 0.15) is 0 Å². The molecule has 0 heterocycles. The van der Waals surface area contributed by atoms with Crippen LogP contribution in [0.1, 0.15) is 101 Å². The average Bonchev–Trinajstić information content (AvgIpc) is 2.82. The summed E-state index contributed by atoms with van der Waals surface area (Å²) in [4.78, 5) is 3.23. The molecule has 2 aromatic carbocycles. The van der Waals surface area contributed by atoms with Crippen molar-refractivity contribution < 1.29 is 21.3 Å². The normalized spacial score (nSPS) is 10.8. The van der Waals surface area contributed by atoms with Crippen LogP contribution in [0.25, 0.3) is 11.1 Å². The van der Waals surface area contributed by atoms with Crippen LogP contribution in [-0.4, -0.2) is 10.7 Å². The zero-order chi connectivity index (χ0) is 23.0. The van der Waals surface area contributed by atoms with E-state index < -0.39 is 0 Å². The van der Waals surface area contributed by atoms with Crippen molar-refractivity contribution in [1.29, 1.82) is 0 Å². The zero-order valence-electron chi connectivity index (χ0n) is 20.7. The maximum atomic E-state index is 9.18.